The van der Waals surface area contributed by atoms with Crippen molar-refractivity contribution >= 4 is 11.8 Å². The number of nitrogens with zero attached hydrogens (tertiary/aromatic N) is 2. The van der Waals surface area contributed by atoms with Crippen LogP contribution in [0.1, 0.15) is 67.8 Å². The Kier molecular flexibility index (Phi) is 5.54. The van der Waals surface area contributed by atoms with E-state index in [0.29, 0.717) is 19.0 Å². The zero-order chi connectivity index (χ0) is 16.9. The Morgan fingerprint density at radius 3 is 2.42 bits per heavy atom. The van der Waals surface area contributed by atoms with Gasteiger partial charge in [0.2, 0.25) is 5.91 Å². The van der Waals surface area contributed by atoms with Crippen molar-refractivity contribution in [3.63, 3.8) is 0 Å². The molecule has 0 atom stereocenters. The van der Waals surface area contributed by atoms with Gasteiger partial charge in [0.05, 0.1) is 0 Å². The van der Waals surface area contributed by atoms with Crippen LogP contribution in [0.5, 0.6) is 0 Å². The molecule has 1 aromatic carbocycles. The van der Waals surface area contributed by atoms with E-state index < -0.39 is 0 Å². The fourth-order valence-corrected chi connectivity index (χ4v) is 3.97. The number of hydrogen-bond acceptors (Lipinski definition) is 2. The maximum atomic E-state index is 12.8. The van der Waals surface area contributed by atoms with E-state index >= 15 is 0 Å². The molecule has 0 spiro atoms. The molecule has 1 saturated carbocycles. The van der Waals surface area contributed by atoms with Crippen LogP contribution in [-0.4, -0.2) is 40.7 Å². The first-order valence-electron chi connectivity index (χ1n) is 9.36. The molecule has 1 aromatic rings. The van der Waals surface area contributed by atoms with Crippen LogP contribution in [0.2, 0.25) is 0 Å². The Morgan fingerprint density at radius 1 is 1.12 bits per heavy atom. The normalized spacial score (nSPS) is 18.9. The van der Waals surface area contributed by atoms with Crippen LogP contribution < -0.4 is 0 Å². The lowest BCUT2D eigenvalue weighted by Gasteiger charge is -2.33. The molecule has 130 valence electrons. The number of benzene rings is 1. The zero-order valence-electron chi connectivity index (χ0n) is 14.7. The van der Waals surface area contributed by atoms with E-state index in [2.05, 4.69) is 6.92 Å². The molecule has 0 unspecified atom stereocenters. The second-order valence-corrected chi connectivity index (χ2v) is 7.00. The third kappa shape index (κ3) is 3.80. The lowest BCUT2D eigenvalue weighted by atomic mass is 9.93. The summed E-state index contributed by atoms with van der Waals surface area (Å²) in [6.07, 6.45) is 7.66. The van der Waals surface area contributed by atoms with E-state index in [9.17, 15) is 9.59 Å². The number of carbonyl (C=O) groups excluding carboxylic acids is 2. The summed E-state index contributed by atoms with van der Waals surface area (Å²) < 4.78 is 0. The van der Waals surface area contributed by atoms with Crippen molar-refractivity contribution in [2.75, 3.05) is 13.1 Å². The number of likely N-dealkylation sites (tertiary alicyclic amines) is 1. The summed E-state index contributed by atoms with van der Waals surface area (Å²) in [7, 11) is 0. The van der Waals surface area contributed by atoms with Gasteiger partial charge in [0.25, 0.3) is 5.91 Å². The van der Waals surface area contributed by atoms with Crippen LogP contribution in [0.15, 0.2) is 24.3 Å². The maximum absolute atomic E-state index is 12.8. The minimum atomic E-state index is 0.146. The average molecular weight is 328 g/mol. The number of amides is 2. The monoisotopic (exact) mass is 328 g/mol. The molecule has 0 aromatic heterocycles. The largest absolute Gasteiger partial charge is 0.338 e. The van der Waals surface area contributed by atoms with E-state index in [1.165, 1.54) is 19.3 Å². The Hall–Kier alpha value is -1.84. The van der Waals surface area contributed by atoms with E-state index in [0.717, 1.165) is 43.5 Å². The molecule has 24 heavy (non-hydrogen) atoms. The molecule has 2 aliphatic rings. The first-order chi connectivity index (χ1) is 11.7. The molecule has 0 bridgehead atoms. The summed E-state index contributed by atoms with van der Waals surface area (Å²) in [4.78, 5) is 28.5. The number of hydrogen-bond donors (Lipinski definition) is 0. The topological polar surface area (TPSA) is 40.6 Å². The molecule has 1 aliphatic carbocycles. The standard InChI is InChI=1S/C20H28N2O2/c1-2-22(18-7-4-3-5-8-18)20(24)17-12-10-16(11-13-17)15-21-14-6-9-19(21)23/h10-13,18H,2-9,14-15H2,1H3. The third-order valence-corrected chi connectivity index (χ3v) is 5.36. The van der Waals surface area contributed by atoms with Gasteiger partial charge in [-0.3, -0.25) is 9.59 Å². The maximum Gasteiger partial charge on any atom is 0.254 e. The molecule has 0 N–H and O–H groups in total. The fraction of sp³-hybridized carbons (Fsp3) is 0.600. The average Bonchev–Trinajstić information content (AvgIpc) is 3.02. The number of rotatable bonds is 5. The molecule has 0 radical (unpaired) electrons. The first-order valence-corrected chi connectivity index (χ1v) is 9.36. The molecule has 4 heteroatoms. The SMILES string of the molecule is CCN(C(=O)c1ccc(CN2CCCC2=O)cc1)C1CCCCC1. The Labute approximate surface area is 144 Å². The highest BCUT2D eigenvalue weighted by molar-refractivity contribution is 5.94. The third-order valence-electron chi connectivity index (χ3n) is 5.36. The molecule has 3 rings (SSSR count). The molecule has 1 saturated heterocycles. The molecule has 1 heterocycles. The minimum Gasteiger partial charge on any atom is -0.338 e. The van der Waals surface area contributed by atoms with Gasteiger partial charge in [0, 0.05) is 37.7 Å². The van der Waals surface area contributed by atoms with Crippen molar-refractivity contribution in [2.24, 2.45) is 0 Å². The van der Waals surface area contributed by atoms with Crippen LogP contribution in [-0.2, 0) is 11.3 Å². The van der Waals surface area contributed by atoms with Crippen LogP contribution in [0.4, 0.5) is 0 Å². The summed E-state index contributed by atoms with van der Waals surface area (Å²) in [6, 6.07) is 8.23. The van der Waals surface area contributed by atoms with Crippen molar-refractivity contribution in [1.29, 1.82) is 0 Å². The van der Waals surface area contributed by atoms with Crippen LogP contribution in [0.3, 0.4) is 0 Å². The van der Waals surface area contributed by atoms with Crippen LogP contribution in [0.25, 0.3) is 0 Å². The van der Waals surface area contributed by atoms with Gasteiger partial charge in [-0.1, -0.05) is 31.4 Å². The van der Waals surface area contributed by atoms with Gasteiger partial charge in [0.15, 0.2) is 0 Å². The highest BCUT2D eigenvalue weighted by Crippen LogP contribution is 2.24. The fourth-order valence-electron chi connectivity index (χ4n) is 3.97. The van der Waals surface area contributed by atoms with Gasteiger partial charge in [0.1, 0.15) is 0 Å². The van der Waals surface area contributed by atoms with Gasteiger partial charge >= 0.3 is 0 Å². The second kappa shape index (κ2) is 7.82. The summed E-state index contributed by atoms with van der Waals surface area (Å²) >= 11 is 0. The highest BCUT2D eigenvalue weighted by atomic mass is 16.2. The lowest BCUT2D eigenvalue weighted by molar-refractivity contribution is -0.128. The van der Waals surface area contributed by atoms with Gasteiger partial charge in [-0.15, -0.1) is 0 Å². The van der Waals surface area contributed by atoms with E-state index in [1.807, 2.05) is 34.1 Å². The Balaban J connectivity index is 1.65. The van der Waals surface area contributed by atoms with Crippen molar-refractivity contribution in [2.45, 2.75) is 64.5 Å². The summed E-state index contributed by atoms with van der Waals surface area (Å²) in [5.41, 5.74) is 1.86. The molecule has 2 fully saturated rings. The van der Waals surface area contributed by atoms with Gasteiger partial charge in [-0.2, -0.15) is 0 Å². The van der Waals surface area contributed by atoms with E-state index in [-0.39, 0.29) is 11.8 Å². The van der Waals surface area contributed by atoms with Crippen molar-refractivity contribution in [3.8, 4) is 0 Å². The Morgan fingerprint density at radius 2 is 1.83 bits per heavy atom. The second-order valence-electron chi connectivity index (χ2n) is 7.00. The predicted molar refractivity (Wildman–Crippen MR) is 94.7 cm³/mol. The summed E-state index contributed by atoms with van der Waals surface area (Å²) in [5, 5.41) is 0. The van der Waals surface area contributed by atoms with Gasteiger partial charge < -0.3 is 9.80 Å². The number of carbonyl (C=O) groups is 2. The van der Waals surface area contributed by atoms with E-state index in [4.69, 9.17) is 0 Å². The molecule has 1 aliphatic heterocycles. The molecule has 2 amide bonds. The summed E-state index contributed by atoms with van der Waals surface area (Å²) in [6.45, 7) is 4.35. The van der Waals surface area contributed by atoms with Crippen LogP contribution in [0, 0.1) is 0 Å². The van der Waals surface area contributed by atoms with Crippen molar-refractivity contribution in [3.05, 3.63) is 35.4 Å². The zero-order valence-corrected chi connectivity index (χ0v) is 14.7. The van der Waals surface area contributed by atoms with Gasteiger partial charge in [-0.25, -0.2) is 0 Å². The Bertz CT molecular complexity index is 576. The van der Waals surface area contributed by atoms with Gasteiger partial charge in [-0.05, 0) is 43.9 Å². The molecular formula is C20H28N2O2. The van der Waals surface area contributed by atoms with Crippen LogP contribution >= 0.6 is 0 Å². The molecule has 4 nitrogen and oxygen atoms in total. The highest BCUT2D eigenvalue weighted by Gasteiger charge is 2.25. The minimum absolute atomic E-state index is 0.146. The smallest absolute Gasteiger partial charge is 0.254 e. The lowest BCUT2D eigenvalue weighted by Crippen LogP contribution is -2.41. The quantitative estimate of drug-likeness (QED) is 0.828. The first kappa shape index (κ1) is 17.0. The predicted octanol–water partition coefficient (Wildman–Crippen LogP) is 3.60. The van der Waals surface area contributed by atoms with Crippen molar-refractivity contribution < 1.29 is 9.59 Å². The summed E-state index contributed by atoms with van der Waals surface area (Å²) in [5.74, 6) is 0.387. The van der Waals surface area contributed by atoms with E-state index in [1.54, 1.807) is 0 Å². The molecular weight excluding hydrogens is 300 g/mol. The van der Waals surface area contributed by atoms with Crippen molar-refractivity contribution in [1.82, 2.24) is 9.80 Å².